The predicted octanol–water partition coefficient (Wildman–Crippen LogP) is 1.32. The second kappa shape index (κ2) is 6.50. The van der Waals surface area contributed by atoms with Gasteiger partial charge in [-0.3, -0.25) is 9.59 Å². The molecule has 4 nitrogen and oxygen atoms in total. The molecule has 0 bridgehead atoms. The van der Waals surface area contributed by atoms with Gasteiger partial charge in [-0.25, -0.2) is 0 Å². The fraction of sp³-hybridized carbons (Fsp3) is 0.400. The molecule has 0 unspecified atom stereocenters. The lowest BCUT2D eigenvalue weighted by atomic mass is 10.3. The Morgan fingerprint density at radius 3 is 2.75 bits per heavy atom. The Kier molecular flexibility index (Phi) is 5.28. The van der Waals surface area contributed by atoms with Crippen molar-refractivity contribution in [2.45, 2.75) is 13.0 Å². The Bertz CT molecular complexity index is 378. The summed E-state index contributed by atoms with van der Waals surface area (Å²) in [7, 11) is 1.36. The Morgan fingerprint density at radius 2 is 2.12 bits per heavy atom. The second-order valence-corrected chi connectivity index (χ2v) is 4.55. The molecule has 0 spiro atoms. The van der Waals surface area contributed by atoms with Gasteiger partial charge >= 0.3 is 5.97 Å². The predicted molar refractivity (Wildman–Crippen MR) is 62.6 cm³/mol. The molecule has 0 saturated carbocycles. The molecule has 1 N–H and O–H groups in total. The number of nitrogens with one attached hydrogen (secondary N) is 1. The molecule has 1 aromatic heterocycles. The SMILES string of the molecule is COC(=O)Cc1ccc(CNC(=O)CCl)s1. The van der Waals surface area contributed by atoms with Gasteiger partial charge in [0.05, 0.1) is 20.1 Å². The molecule has 0 fully saturated rings. The van der Waals surface area contributed by atoms with E-state index in [0.717, 1.165) is 9.75 Å². The van der Waals surface area contributed by atoms with Gasteiger partial charge in [-0.2, -0.15) is 0 Å². The minimum atomic E-state index is -0.266. The highest BCUT2D eigenvalue weighted by Crippen LogP contribution is 2.17. The van der Waals surface area contributed by atoms with Crippen LogP contribution >= 0.6 is 22.9 Å². The number of hydrogen-bond acceptors (Lipinski definition) is 4. The Labute approximate surface area is 103 Å². The molecule has 6 heteroatoms. The summed E-state index contributed by atoms with van der Waals surface area (Å²) >= 11 is 6.81. The van der Waals surface area contributed by atoms with Gasteiger partial charge in [0, 0.05) is 9.75 Å². The van der Waals surface area contributed by atoms with Crippen LogP contribution in [0.4, 0.5) is 0 Å². The summed E-state index contributed by atoms with van der Waals surface area (Å²) in [5.74, 6) is -0.511. The lowest BCUT2D eigenvalue weighted by Gasteiger charge is -1.99. The molecule has 0 radical (unpaired) electrons. The topological polar surface area (TPSA) is 55.4 Å². The van der Waals surface area contributed by atoms with Gasteiger partial charge in [-0.05, 0) is 12.1 Å². The van der Waals surface area contributed by atoms with E-state index in [9.17, 15) is 9.59 Å². The number of thiophene rings is 1. The van der Waals surface area contributed by atoms with E-state index in [4.69, 9.17) is 11.6 Å². The van der Waals surface area contributed by atoms with E-state index in [0.29, 0.717) is 6.54 Å². The van der Waals surface area contributed by atoms with Gasteiger partial charge in [-0.15, -0.1) is 22.9 Å². The molecule has 1 aromatic rings. The minimum absolute atomic E-state index is 0.0413. The van der Waals surface area contributed by atoms with Crippen LogP contribution in [-0.2, 0) is 27.3 Å². The van der Waals surface area contributed by atoms with E-state index >= 15 is 0 Å². The van der Waals surface area contributed by atoms with Crippen LogP contribution in [0.1, 0.15) is 9.75 Å². The number of esters is 1. The van der Waals surface area contributed by atoms with Gasteiger partial charge < -0.3 is 10.1 Å². The van der Waals surface area contributed by atoms with Gasteiger partial charge in [0.25, 0.3) is 0 Å². The first kappa shape index (κ1) is 13.0. The summed E-state index contributed by atoms with van der Waals surface area (Å²) in [6, 6.07) is 3.72. The van der Waals surface area contributed by atoms with Crippen molar-refractivity contribution in [2.24, 2.45) is 0 Å². The number of rotatable bonds is 5. The fourth-order valence-electron chi connectivity index (χ4n) is 1.06. The van der Waals surface area contributed by atoms with Crippen molar-refractivity contribution in [1.29, 1.82) is 0 Å². The van der Waals surface area contributed by atoms with E-state index in [1.807, 2.05) is 12.1 Å². The highest BCUT2D eigenvalue weighted by Gasteiger charge is 2.06. The van der Waals surface area contributed by atoms with Crippen molar-refractivity contribution in [3.8, 4) is 0 Å². The van der Waals surface area contributed by atoms with Crippen molar-refractivity contribution in [3.05, 3.63) is 21.9 Å². The van der Waals surface area contributed by atoms with E-state index in [2.05, 4.69) is 10.1 Å². The second-order valence-electron chi connectivity index (χ2n) is 3.03. The van der Waals surface area contributed by atoms with Crippen LogP contribution in [0.25, 0.3) is 0 Å². The number of hydrogen-bond donors (Lipinski definition) is 1. The maximum atomic E-state index is 11.0. The first-order valence-corrected chi connectivity index (χ1v) is 5.98. The molecule has 16 heavy (non-hydrogen) atoms. The Balaban J connectivity index is 2.45. The summed E-state index contributed by atoms with van der Waals surface area (Å²) in [5.41, 5.74) is 0. The van der Waals surface area contributed by atoms with Crippen LogP contribution in [0.3, 0.4) is 0 Å². The molecular weight excluding hydrogens is 250 g/mol. The zero-order chi connectivity index (χ0) is 12.0. The van der Waals surface area contributed by atoms with Gasteiger partial charge in [-0.1, -0.05) is 0 Å². The Hall–Kier alpha value is -1.07. The smallest absolute Gasteiger partial charge is 0.310 e. The van der Waals surface area contributed by atoms with Gasteiger partial charge in [0.15, 0.2) is 0 Å². The van der Waals surface area contributed by atoms with Crippen LogP contribution in [0.15, 0.2) is 12.1 Å². The lowest BCUT2D eigenvalue weighted by Crippen LogP contribution is -2.23. The number of alkyl halides is 1. The van der Waals surface area contributed by atoms with Crippen LogP contribution in [0, 0.1) is 0 Å². The quantitative estimate of drug-likeness (QED) is 0.642. The van der Waals surface area contributed by atoms with Crippen molar-refractivity contribution in [1.82, 2.24) is 5.32 Å². The van der Waals surface area contributed by atoms with Crippen LogP contribution < -0.4 is 5.32 Å². The molecule has 0 aliphatic carbocycles. The molecule has 1 heterocycles. The van der Waals surface area contributed by atoms with E-state index in [-0.39, 0.29) is 24.2 Å². The zero-order valence-electron chi connectivity index (χ0n) is 8.79. The first-order chi connectivity index (χ1) is 7.65. The summed E-state index contributed by atoms with van der Waals surface area (Å²) in [4.78, 5) is 23.8. The number of halogens is 1. The van der Waals surface area contributed by atoms with Gasteiger partial charge in [0.2, 0.25) is 5.91 Å². The molecule has 0 atom stereocenters. The number of methoxy groups -OCH3 is 1. The van der Waals surface area contributed by atoms with E-state index in [1.54, 1.807) is 0 Å². The van der Waals surface area contributed by atoms with Crippen LogP contribution in [0.5, 0.6) is 0 Å². The summed E-state index contributed by atoms with van der Waals surface area (Å²) in [6.07, 6.45) is 0.268. The molecule has 88 valence electrons. The van der Waals surface area contributed by atoms with Crippen LogP contribution in [0.2, 0.25) is 0 Å². The monoisotopic (exact) mass is 261 g/mol. The third-order valence-corrected chi connectivity index (χ3v) is 3.17. The molecular formula is C10H12ClNO3S. The number of carbonyl (C=O) groups excluding carboxylic acids is 2. The molecule has 0 saturated heterocycles. The van der Waals surface area contributed by atoms with E-state index in [1.165, 1.54) is 18.4 Å². The standard InChI is InChI=1S/C10H12ClNO3S/c1-15-10(14)4-7-2-3-8(16-7)6-12-9(13)5-11/h2-3H,4-6H2,1H3,(H,12,13). The minimum Gasteiger partial charge on any atom is -0.469 e. The molecule has 1 rings (SSSR count). The average Bonchev–Trinajstić information content (AvgIpc) is 2.73. The number of carbonyl (C=O) groups is 2. The Morgan fingerprint density at radius 1 is 1.44 bits per heavy atom. The summed E-state index contributed by atoms with van der Waals surface area (Å²) < 4.78 is 4.56. The van der Waals surface area contributed by atoms with Crippen molar-refractivity contribution in [3.63, 3.8) is 0 Å². The zero-order valence-corrected chi connectivity index (χ0v) is 10.4. The summed E-state index contributed by atoms with van der Waals surface area (Å²) in [5, 5.41) is 2.65. The van der Waals surface area contributed by atoms with Crippen molar-refractivity contribution >= 4 is 34.8 Å². The summed E-state index contributed by atoms with van der Waals surface area (Å²) in [6.45, 7) is 0.442. The molecule has 0 aliphatic rings. The average molecular weight is 262 g/mol. The van der Waals surface area contributed by atoms with Crippen molar-refractivity contribution in [2.75, 3.05) is 13.0 Å². The maximum Gasteiger partial charge on any atom is 0.310 e. The third-order valence-electron chi connectivity index (χ3n) is 1.84. The normalized spacial score (nSPS) is 9.88. The molecule has 0 aliphatic heterocycles. The lowest BCUT2D eigenvalue weighted by molar-refractivity contribution is -0.139. The molecule has 0 aromatic carbocycles. The highest BCUT2D eigenvalue weighted by molar-refractivity contribution is 7.12. The van der Waals surface area contributed by atoms with Crippen LogP contribution in [-0.4, -0.2) is 24.9 Å². The fourth-order valence-corrected chi connectivity index (χ4v) is 2.10. The first-order valence-electron chi connectivity index (χ1n) is 4.62. The highest BCUT2D eigenvalue weighted by atomic mass is 35.5. The number of amides is 1. The van der Waals surface area contributed by atoms with Gasteiger partial charge in [0.1, 0.15) is 5.88 Å². The molecule has 1 amide bonds. The van der Waals surface area contributed by atoms with E-state index < -0.39 is 0 Å². The van der Waals surface area contributed by atoms with Crippen molar-refractivity contribution < 1.29 is 14.3 Å². The third kappa shape index (κ3) is 4.20. The number of ether oxygens (including phenoxy) is 1. The largest absolute Gasteiger partial charge is 0.469 e. The maximum absolute atomic E-state index is 11.0.